The molecule has 0 aromatic rings. The van der Waals surface area contributed by atoms with Crippen LogP contribution in [0.15, 0.2) is 0 Å². The summed E-state index contributed by atoms with van der Waals surface area (Å²) in [5.74, 6) is 0. The highest BCUT2D eigenvalue weighted by molar-refractivity contribution is 5.52. The smallest absolute Gasteiger partial charge is 0.154 e. The third-order valence-electron chi connectivity index (χ3n) is 1.55. The van der Waals surface area contributed by atoms with E-state index in [0.29, 0.717) is 19.3 Å². The highest BCUT2D eigenvalue weighted by atomic mass is 16.7. The number of ether oxygens (including phenoxy) is 2. The highest BCUT2D eigenvalue weighted by Crippen LogP contribution is 1.90. The molecule has 0 spiro atoms. The quantitative estimate of drug-likeness (QED) is 0.371. The zero-order chi connectivity index (χ0) is 15.4. The molecular formula is C13H28O6. The molecule has 0 aliphatic carbocycles. The van der Waals surface area contributed by atoms with E-state index in [1.165, 1.54) is 0 Å². The van der Waals surface area contributed by atoms with E-state index in [4.69, 9.17) is 19.7 Å². The predicted molar refractivity (Wildman–Crippen MR) is 72.9 cm³/mol. The average Bonchev–Trinajstić information content (AvgIpc) is 2.41. The number of hydrogen-bond acceptors (Lipinski definition) is 6. The van der Waals surface area contributed by atoms with E-state index in [2.05, 4.69) is 0 Å². The maximum atomic E-state index is 9.56. The van der Waals surface area contributed by atoms with Crippen LogP contribution < -0.4 is 0 Å². The SMILES string of the molecule is CCOC(C)OCC.O=CCCCC=O.OCCO. The van der Waals surface area contributed by atoms with Gasteiger partial charge in [-0.25, -0.2) is 0 Å². The van der Waals surface area contributed by atoms with E-state index < -0.39 is 0 Å². The second kappa shape index (κ2) is 25.9. The van der Waals surface area contributed by atoms with Crippen LogP contribution in [-0.4, -0.2) is 55.5 Å². The van der Waals surface area contributed by atoms with E-state index >= 15 is 0 Å². The van der Waals surface area contributed by atoms with Crippen LogP contribution in [0.4, 0.5) is 0 Å². The minimum absolute atomic E-state index is 0.0370. The van der Waals surface area contributed by atoms with Gasteiger partial charge in [0.25, 0.3) is 0 Å². The Morgan fingerprint density at radius 3 is 1.53 bits per heavy atom. The van der Waals surface area contributed by atoms with E-state index in [9.17, 15) is 9.59 Å². The molecule has 0 amide bonds. The summed E-state index contributed by atoms with van der Waals surface area (Å²) in [7, 11) is 0. The third kappa shape index (κ3) is 38.2. The molecule has 0 aromatic carbocycles. The van der Waals surface area contributed by atoms with Gasteiger partial charge in [0.15, 0.2) is 6.29 Å². The Morgan fingerprint density at radius 1 is 0.947 bits per heavy atom. The molecule has 0 fully saturated rings. The van der Waals surface area contributed by atoms with Gasteiger partial charge in [-0.15, -0.1) is 0 Å². The Morgan fingerprint density at radius 2 is 1.32 bits per heavy atom. The topological polar surface area (TPSA) is 93.1 Å². The summed E-state index contributed by atoms with van der Waals surface area (Å²) < 4.78 is 10.1. The summed E-state index contributed by atoms with van der Waals surface area (Å²) in [5.41, 5.74) is 0. The molecule has 0 atom stereocenters. The van der Waals surface area contributed by atoms with Crippen LogP contribution in [0.25, 0.3) is 0 Å². The Bertz CT molecular complexity index is 147. The van der Waals surface area contributed by atoms with E-state index in [1.54, 1.807) is 0 Å². The number of hydrogen-bond donors (Lipinski definition) is 2. The number of rotatable bonds is 9. The molecule has 19 heavy (non-hydrogen) atoms. The van der Waals surface area contributed by atoms with Crippen molar-refractivity contribution < 1.29 is 29.3 Å². The van der Waals surface area contributed by atoms with Crippen molar-refractivity contribution in [3.63, 3.8) is 0 Å². The molecule has 2 N–H and O–H groups in total. The van der Waals surface area contributed by atoms with Gasteiger partial charge in [-0.2, -0.15) is 0 Å². The average molecular weight is 280 g/mol. The first kappa shape index (κ1) is 23.3. The molecule has 0 rings (SSSR count). The number of aliphatic hydroxyl groups is 2. The predicted octanol–water partition coefficient (Wildman–Crippen LogP) is 0.931. The maximum Gasteiger partial charge on any atom is 0.154 e. The highest BCUT2D eigenvalue weighted by Gasteiger charge is 1.94. The summed E-state index contributed by atoms with van der Waals surface area (Å²) in [6, 6.07) is 0. The maximum absolute atomic E-state index is 9.56. The first-order chi connectivity index (χ1) is 9.14. The molecule has 0 unspecified atom stereocenters. The fourth-order valence-electron chi connectivity index (χ4n) is 0.802. The lowest BCUT2D eigenvalue weighted by Crippen LogP contribution is -2.11. The van der Waals surface area contributed by atoms with Gasteiger partial charge in [-0.3, -0.25) is 0 Å². The lowest BCUT2D eigenvalue weighted by molar-refractivity contribution is -0.123. The summed E-state index contributed by atoms with van der Waals surface area (Å²) in [5, 5.41) is 15.2. The van der Waals surface area contributed by atoms with Gasteiger partial charge in [0.1, 0.15) is 12.6 Å². The number of carbonyl (C=O) groups is 2. The van der Waals surface area contributed by atoms with Gasteiger partial charge < -0.3 is 29.3 Å². The third-order valence-corrected chi connectivity index (χ3v) is 1.55. The number of aldehydes is 2. The molecule has 0 bridgehead atoms. The molecule has 0 aromatic heterocycles. The second-order valence-corrected chi connectivity index (χ2v) is 3.19. The molecule has 6 heteroatoms. The number of unbranched alkanes of at least 4 members (excludes halogenated alkanes) is 2. The number of aliphatic hydroxyl groups excluding tert-OH is 2. The van der Waals surface area contributed by atoms with Crippen LogP contribution in [0.2, 0.25) is 0 Å². The van der Waals surface area contributed by atoms with Crippen LogP contribution in [0, 0.1) is 0 Å². The van der Waals surface area contributed by atoms with Gasteiger partial charge in [0.2, 0.25) is 0 Å². The first-order valence-electron chi connectivity index (χ1n) is 6.46. The molecule has 0 aliphatic rings. The van der Waals surface area contributed by atoms with Crippen LogP contribution in [0.1, 0.15) is 40.0 Å². The zero-order valence-electron chi connectivity index (χ0n) is 12.2. The fourth-order valence-corrected chi connectivity index (χ4v) is 0.802. The van der Waals surface area contributed by atoms with Crippen molar-refractivity contribution in [3.05, 3.63) is 0 Å². The van der Waals surface area contributed by atoms with Crippen LogP contribution in [0.3, 0.4) is 0 Å². The van der Waals surface area contributed by atoms with Crippen molar-refractivity contribution in [1.82, 2.24) is 0 Å². The molecular weight excluding hydrogens is 252 g/mol. The van der Waals surface area contributed by atoms with E-state index in [1.807, 2.05) is 20.8 Å². The zero-order valence-corrected chi connectivity index (χ0v) is 12.2. The minimum atomic E-state index is -0.125. The van der Waals surface area contributed by atoms with Gasteiger partial charge in [0, 0.05) is 26.1 Å². The second-order valence-electron chi connectivity index (χ2n) is 3.19. The van der Waals surface area contributed by atoms with Crippen molar-refractivity contribution in [3.8, 4) is 0 Å². The molecule has 6 nitrogen and oxygen atoms in total. The van der Waals surface area contributed by atoms with Gasteiger partial charge in [-0.1, -0.05) is 0 Å². The molecule has 0 radical (unpaired) electrons. The lowest BCUT2D eigenvalue weighted by Gasteiger charge is -2.09. The Kier molecular flexibility index (Phi) is 31.7. The van der Waals surface area contributed by atoms with Crippen molar-refractivity contribution in [2.45, 2.75) is 46.3 Å². The Hall–Kier alpha value is -0.820. The van der Waals surface area contributed by atoms with Gasteiger partial charge >= 0.3 is 0 Å². The van der Waals surface area contributed by atoms with Crippen molar-refractivity contribution >= 4 is 12.6 Å². The molecule has 116 valence electrons. The van der Waals surface area contributed by atoms with Crippen LogP contribution in [0.5, 0.6) is 0 Å². The lowest BCUT2D eigenvalue weighted by atomic mass is 10.3. The molecule has 0 saturated carbocycles. The standard InChI is InChI=1S/C6H14O2.C5H8O2.C2H6O2/c1-4-7-6(3)8-5-2;6-4-2-1-3-5-7;3-1-2-4/h6H,4-5H2,1-3H3;4-5H,1-3H2;3-4H,1-2H2. The summed E-state index contributed by atoms with van der Waals surface area (Å²) in [6.45, 7) is 7.00. The molecule has 0 aliphatic heterocycles. The summed E-state index contributed by atoms with van der Waals surface area (Å²) in [4.78, 5) is 19.1. The monoisotopic (exact) mass is 280 g/mol. The van der Waals surface area contributed by atoms with Crippen LogP contribution >= 0.6 is 0 Å². The largest absolute Gasteiger partial charge is 0.394 e. The Labute approximate surface area is 115 Å². The minimum Gasteiger partial charge on any atom is -0.394 e. The van der Waals surface area contributed by atoms with Gasteiger partial charge in [-0.05, 0) is 27.2 Å². The van der Waals surface area contributed by atoms with Crippen LogP contribution in [-0.2, 0) is 19.1 Å². The van der Waals surface area contributed by atoms with E-state index in [0.717, 1.165) is 25.8 Å². The van der Waals surface area contributed by atoms with E-state index in [-0.39, 0.29) is 19.5 Å². The van der Waals surface area contributed by atoms with Crippen molar-refractivity contribution in [2.75, 3.05) is 26.4 Å². The van der Waals surface area contributed by atoms with Gasteiger partial charge in [0.05, 0.1) is 13.2 Å². The normalized spacial score (nSPS) is 8.95. The first-order valence-corrected chi connectivity index (χ1v) is 6.46. The Balaban J connectivity index is -0.000000214. The summed E-state index contributed by atoms with van der Waals surface area (Å²) >= 11 is 0. The number of carbonyl (C=O) groups excluding carboxylic acids is 2. The fraction of sp³-hybridized carbons (Fsp3) is 0.846. The van der Waals surface area contributed by atoms with Crippen molar-refractivity contribution in [2.24, 2.45) is 0 Å². The molecule has 0 heterocycles. The summed E-state index contributed by atoms with van der Waals surface area (Å²) in [6.07, 6.45) is 3.34. The van der Waals surface area contributed by atoms with Crippen molar-refractivity contribution in [1.29, 1.82) is 0 Å². The molecule has 0 saturated heterocycles.